The quantitative estimate of drug-likeness (QED) is 0.178. The molecule has 0 spiro atoms. The van der Waals surface area contributed by atoms with Crippen molar-refractivity contribution < 1.29 is 4.42 Å². The minimum Gasteiger partial charge on any atom is -0.423 e. The Balaban J connectivity index is 0.000000277. The van der Waals surface area contributed by atoms with Gasteiger partial charge in [-0.3, -0.25) is 0 Å². The minimum absolute atomic E-state index is 0.302. The highest BCUT2D eigenvalue weighted by Crippen LogP contribution is 2.18. The van der Waals surface area contributed by atoms with Crippen LogP contribution in [0.15, 0.2) is 104 Å². The lowest BCUT2D eigenvalue weighted by atomic mass is 10.2. The van der Waals surface area contributed by atoms with E-state index in [4.69, 9.17) is 4.42 Å². The molecule has 0 aliphatic rings. The fourth-order valence-electron chi connectivity index (χ4n) is 2.35. The summed E-state index contributed by atoms with van der Waals surface area (Å²) in [6.07, 6.45) is 0. The molecule has 0 amide bonds. The Morgan fingerprint density at radius 3 is 1.55 bits per heavy atom. The van der Waals surface area contributed by atoms with E-state index in [2.05, 4.69) is 35.9 Å². The van der Waals surface area contributed by atoms with Crippen molar-refractivity contribution in [2.24, 2.45) is 10.2 Å². The number of azo groups is 1. The van der Waals surface area contributed by atoms with Gasteiger partial charge in [-0.15, -0.1) is 11.8 Å². The minimum atomic E-state index is -0.302. The fraction of sp³-hybridized carbons (Fsp3) is 0.207. The molecule has 0 radical (unpaired) electrons. The zero-order chi connectivity index (χ0) is 24.5. The summed E-state index contributed by atoms with van der Waals surface area (Å²) in [5.41, 5.74) is 4.56. The molecule has 4 aromatic rings. The van der Waals surface area contributed by atoms with Gasteiger partial charge in [-0.05, 0) is 64.1 Å². The Hall–Kier alpha value is -3.97. The Morgan fingerprint density at radius 2 is 1.09 bits per heavy atom. The number of aryl methyl sites for hydroxylation is 2. The lowest BCUT2D eigenvalue weighted by molar-refractivity contribution is 0.561. The van der Waals surface area contributed by atoms with Crippen molar-refractivity contribution in [2.75, 3.05) is 0 Å². The third kappa shape index (κ3) is 10.8. The van der Waals surface area contributed by atoms with Crippen molar-refractivity contribution in [3.63, 3.8) is 0 Å². The maximum atomic E-state index is 10.7. The van der Waals surface area contributed by atoms with E-state index in [1.54, 1.807) is 12.1 Å². The molecular formula is C29H32N2O2. The number of nitrogens with zero attached hydrogens (tertiary/aromatic N) is 2. The Labute approximate surface area is 197 Å². The molecule has 0 fully saturated rings. The van der Waals surface area contributed by atoms with Gasteiger partial charge >= 0.3 is 5.63 Å². The van der Waals surface area contributed by atoms with Gasteiger partial charge in [-0.2, -0.15) is 10.2 Å². The normalized spacial score (nSPS) is 9.27. The van der Waals surface area contributed by atoms with Crippen LogP contribution < -0.4 is 5.63 Å². The van der Waals surface area contributed by atoms with Gasteiger partial charge in [0.15, 0.2) is 0 Å². The molecule has 0 saturated carbocycles. The Morgan fingerprint density at radius 1 is 0.636 bits per heavy atom. The van der Waals surface area contributed by atoms with E-state index in [1.165, 1.54) is 17.2 Å². The van der Waals surface area contributed by atoms with E-state index >= 15 is 0 Å². The Bertz CT molecular complexity index is 1170. The van der Waals surface area contributed by atoms with Gasteiger partial charge in [-0.25, -0.2) is 4.79 Å². The summed E-state index contributed by atoms with van der Waals surface area (Å²) in [5.74, 6) is 5.36. The molecule has 3 aromatic carbocycles. The van der Waals surface area contributed by atoms with Crippen molar-refractivity contribution in [3.05, 3.63) is 106 Å². The van der Waals surface area contributed by atoms with Crippen LogP contribution in [0.5, 0.6) is 0 Å². The number of benzene rings is 3. The van der Waals surface area contributed by atoms with Gasteiger partial charge in [0.1, 0.15) is 5.58 Å². The maximum absolute atomic E-state index is 10.7. The second-order valence-corrected chi connectivity index (χ2v) is 6.66. The second-order valence-electron chi connectivity index (χ2n) is 6.66. The molecule has 0 saturated heterocycles. The fourth-order valence-corrected chi connectivity index (χ4v) is 2.35. The van der Waals surface area contributed by atoms with Crippen LogP contribution in [0.3, 0.4) is 0 Å². The highest BCUT2D eigenvalue weighted by molar-refractivity contribution is 5.75. The third-order valence-corrected chi connectivity index (χ3v) is 4.13. The van der Waals surface area contributed by atoms with Crippen molar-refractivity contribution in [1.29, 1.82) is 0 Å². The summed E-state index contributed by atoms with van der Waals surface area (Å²) >= 11 is 0. The molecular weight excluding hydrogens is 408 g/mol. The number of hydrogen-bond acceptors (Lipinski definition) is 4. The molecule has 4 heteroatoms. The Kier molecular flexibility index (Phi) is 12.9. The molecule has 1 aromatic heterocycles. The third-order valence-electron chi connectivity index (χ3n) is 4.13. The lowest BCUT2D eigenvalue weighted by Crippen LogP contribution is -1.93. The van der Waals surface area contributed by atoms with Crippen molar-refractivity contribution in [3.8, 4) is 11.8 Å². The lowest BCUT2D eigenvalue weighted by Gasteiger charge is -1.95. The first-order valence-corrected chi connectivity index (χ1v) is 10.9. The van der Waals surface area contributed by atoms with Gasteiger partial charge < -0.3 is 4.42 Å². The summed E-state index contributed by atoms with van der Waals surface area (Å²) in [4.78, 5) is 10.7. The first kappa shape index (κ1) is 27.1. The molecule has 4 nitrogen and oxygen atoms in total. The highest BCUT2D eigenvalue weighted by Gasteiger charge is 1.92. The van der Waals surface area contributed by atoms with Crippen LogP contribution in [-0.4, -0.2) is 0 Å². The van der Waals surface area contributed by atoms with Crippen LogP contribution in [0.4, 0.5) is 11.4 Å². The summed E-state index contributed by atoms with van der Waals surface area (Å²) in [6, 6.07) is 26.6. The van der Waals surface area contributed by atoms with Crippen molar-refractivity contribution in [2.45, 2.75) is 41.5 Å². The predicted octanol–water partition coefficient (Wildman–Crippen LogP) is 8.57. The zero-order valence-corrected chi connectivity index (χ0v) is 20.3. The van der Waals surface area contributed by atoms with E-state index in [0.29, 0.717) is 5.58 Å². The van der Waals surface area contributed by atoms with Crippen LogP contribution in [-0.2, 0) is 0 Å². The van der Waals surface area contributed by atoms with Crippen LogP contribution in [0.1, 0.15) is 38.8 Å². The van der Waals surface area contributed by atoms with Gasteiger partial charge in [0, 0.05) is 11.5 Å². The summed E-state index contributed by atoms with van der Waals surface area (Å²) in [7, 11) is 0. The standard InChI is InChI=1S/C14H14N2.C9H6O2.C4H6.C2H6/c1-11-3-7-13(8-4-11)15-16-14-9-5-12(2)6-10-14;10-9-6-5-7-3-1-2-4-8(7)11-9;1-3-4-2;1-2/h3-10H,1-2H3;1-6H;1-2H3;1-2H3. The zero-order valence-electron chi connectivity index (χ0n) is 20.3. The molecule has 0 aliphatic heterocycles. The molecule has 170 valence electrons. The van der Waals surface area contributed by atoms with Crippen LogP contribution in [0, 0.1) is 25.7 Å². The average Bonchev–Trinajstić information content (AvgIpc) is 2.86. The maximum Gasteiger partial charge on any atom is 0.336 e. The van der Waals surface area contributed by atoms with Crippen LogP contribution in [0.25, 0.3) is 11.0 Å². The first-order valence-electron chi connectivity index (χ1n) is 10.9. The number of hydrogen-bond donors (Lipinski definition) is 0. The van der Waals surface area contributed by atoms with Gasteiger partial charge in [0.05, 0.1) is 11.4 Å². The van der Waals surface area contributed by atoms with Crippen molar-refractivity contribution >= 4 is 22.3 Å². The molecule has 0 unspecified atom stereocenters. The predicted molar refractivity (Wildman–Crippen MR) is 139 cm³/mol. The monoisotopic (exact) mass is 440 g/mol. The molecule has 33 heavy (non-hydrogen) atoms. The summed E-state index contributed by atoms with van der Waals surface area (Å²) in [5, 5.41) is 9.30. The molecule has 0 bridgehead atoms. The molecule has 0 atom stereocenters. The van der Waals surface area contributed by atoms with E-state index in [1.807, 2.05) is 94.4 Å². The summed E-state index contributed by atoms with van der Waals surface area (Å²) < 4.78 is 4.91. The van der Waals surface area contributed by atoms with Crippen LogP contribution >= 0.6 is 0 Å². The second kappa shape index (κ2) is 15.8. The summed E-state index contributed by atoms with van der Waals surface area (Å²) in [6.45, 7) is 11.8. The number of fused-ring (bicyclic) bond motifs is 1. The van der Waals surface area contributed by atoms with Gasteiger partial charge in [-0.1, -0.05) is 67.4 Å². The smallest absolute Gasteiger partial charge is 0.336 e. The van der Waals surface area contributed by atoms with E-state index < -0.39 is 0 Å². The molecule has 1 heterocycles. The van der Waals surface area contributed by atoms with Gasteiger partial charge in [0.25, 0.3) is 0 Å². The largest absolute Gasteiger partial charge is 0.423 e. The molecule has 0 aliphatic carbocycles. The van der Waals surface area contributed by atoms with Crippen LogP contribution in [0.2, 0.25) is 0 Å². The van der Waals surface area contributed by atoms with E-state index in [9.17, 15) is 4.79 Å². The highest BCUT2D eigenvalue weighted by atomic mass is 16.4. The average molecular weight is 441 g/mol. The first-order chi connectivity index (χ1) is 16.0. The molecule has 4 rings (SSSR count). The number of para-hydroxylation sites is 1. The molecule has 0 N–H and O–H groups in total. The van der Waals surface area contributed by atoms with E-state index in [-0.39, 0.29) is 5.63 Å². The van der Waals surface area contributed by atoms with E-state index in [0.717, 1.165) is 16.8 Å². The number of rotatable bonds is 2. The van der Waals surface area contributed by atoms with Gasteiger partial charge in [0.2, 0.25) is 0 Å². The SMILES string of the molecule is CC.CC#CC.Cc1ccc(N=Nc2ccc(C)cc2)cc1.O=c1ccc2ccccc2o1. The topological polar surface area (TPSA) is 54.9 Å². The van der Waals surface area contributed by atoms with Crippen molar-refractivity contribution in [1.82, 2.24) is 0 Å².